The topological polar surface area (TPSA) is 67.2 Å². The highest BCUT2D eigenvalue weighted by molar-refractivity contribution is 6.32. The van der Waals surface area contributed by atoms with Gasteiger partial charge in [-0.05, 0) is 36.8 Å². The average molecular weight is 521 g/mol. The maximum Gasteiger partial charge on any atom is 0.416 e. The number of alkyl halides is 3. The van der Waals surface area contributed by atoms with Gasteiger partial charge in [-0.15, -0.1) is 0 Å². The monoisotopic (exact) mass is 520 g/mol. The van der Waals surface area contributed by atoms with Crippen LogP contribution in [-0.4, -0.2) is 39.6 Å². The van der Waals surface area contributed by atoms with E-state index >= 15 is 0 Å². The summed E-state index contributed by atoms with van der Waals surface area (Å²) in [6.07, 6.45) is -4.06. The first kappa shape index (κ1) is 27.3. The lowest BCUT2D eigenvalue weighted by molar-refractivity contribution is -0.137. The van der Waals surface area contributed by atoms with Crippen molar-refractivity contribution in [3.63, 3.8) is 0 Å². The molecule has 3 rings (SSSR count). The Morgan fingerprint density at radius 3 is 2.36 bits per heavy atom. The predicted molar refractivity (Wildman–Crippen MR) is 134 cm³/mol. The number of benzene rings is 2. The molecule has 0 aliphatic heterocycles. The highest BCUT2D eigenvalue weighted by atomic mass is 35.5. The summed E-state index contributed by atoms with van der Waals surface area (Å²) < 4.78 is 40.9. The molecule has 192 valence electrons. The third kappa shape index (κ3) is 6.46. The van der Waals surface area contributed by atoms with Gasteiger partial charge in [-0.3, -0.25) is 9.59 Å². The molecule has 0 radical (unpaired) electrons. The number of carbonyl (C=O) groups is 2. The van der Waals surface area contributed by atoms with E-state index in [2.05, 4.69) is 10.4 Å². The quantitative estimate of drug-likeness (QED) is 0.395. The van der Waals surface area contributed by atoms with E-state index in [9.17, 15) is 22.8 Å². The molecule has 1 N–H and O–H groups in total. The lowest BCUT2D eigenvalue weighted by Crippen LogP contribution is -2.38. The van der Waals surface area contributed by atoms with Crippen molar-refractivity contribution in [1.29, 1.82) is 0 Å². The van der Waals surface area contributed by atoms with Crippen molar-refractivity contribution in [1.82, 2.24) is 14.7 Å². The minimum Gasteiger partial charge on any atom is -0.329 e. The number of aromatic nitrogens is 2. The molecule has 0 saturated heterocycles. The van der Waals surface area contributed by atoms with Gasteiger partial charge in [0.1, 0.15) is 12.4 Å². The summed E-state index contributed by atoms with van der Waals surface area (Å²) in [5.74, 6) is -0.813. The van der Waals surface area contributed by atoms with E-state index in [0.29, 0.717) is 28.6 Å². The second-order valence-electron chi connectivity index (χ2n) is 9.38. The number of halogens is 4. The van der Waals surface area contributed by atoms with E-state index in [-0.39, 0.29) is 24.1 Å². The second kappa shape index (κ2) is 10.7. The van der Waals surface area contributed by atoms with Crippen LogP contribution in [0, 0.1) is 0 Å². The Labute approximate surface area is 213 Å². The number of amides is 2. The van der Waals surface area contributed by atoms with Crippen LogP contribution < -0.4 is 5.32 Å². The van der Waals surface area contributed by atoms with Gasteiger partial charge in [-0.2, -0.15) is 18.3 Å². The largest absolute Gasteiger partial charge is 0.416 e. The normalized spacial score (nSPS) is 11.9. The second-order valence-corrected chi connectivity index (χ2v) is 9.79. The van der Waals surface area contributed by atoms with Crippen LogP contribution in [0.5, 0.6) is 0 Å². The highest BCUT2D eigenvalue weighted by Crippen LogP contribution is 2.30. The standard InChI is InChI=1S/C26H28ClF3N4O2/c1-5-13-33(24(36)17-9-8-10-18(14-17)26(28,29)30)16-23(35)31-22-15-21(25(2,3)4)32-34(22)20-12-7-6-11-19(20)27/h6-12,14-15H,5,13,16H2,1-4H3,(H,31,35). The van der Waals surface area contributed by atoms with Crippen LogP contribution in [0.3, 0.4) is 0 Å². The van der Waals surface area contributed by atoms with Crippen molar-refractivity contribution < 1.29 is 22.8 Å². The van der Waals surface area contributed by atoms with Gasteiger partial charge in [-0.25, -0.2) is 4.68 Å². The average Bonchev–Trinajstić information content (AvgIpc) is 3.22. The maximum absolute atomic E-state index is 13.1. The molecule has 0 fully saturated rings. The van der Waals surface area contributed by atoms with Crippen LogP contribution in [-0.2, 0) is 16.4 Å². The number of carbonyl (C=O) groups excluding carboxylic acids is 2. The summed E-state index contributed by atoms with van der Waals surface area (Å²) >= 11 is 6.36. The number of hydrogen-bond acceptors (Lipinski definition) is 3. The number of hydrogen-bond donors (Lipinski definition) is 1. The van der Waals surface area contributed by atoms with Crippen LogP contribution in [0.4, 0.5) is 19.0 Å². The Kier molecular flexibility index (Phi) is 8.13. The first-order valence-corrected chi connectivity index (χ1v) is 11.8. The summed E-state index contributed by atoms with van der Waals surface area (Å²) in [7, 11) is 0. The summed E-state index contributed by atoms with van der Waals surface area (Å²) in [6.45, 7) is 7.60. The minimum atomic E-state index is -4.58. The Bertz CT molecular complexity index is 1250. The molecule has 0 atom stereocenters. The number of rotatable bonds is 7. The Hall–Kier alpha value is -3.33. The van der Waals surface area contributed by atoms with Gasteiger partial charge in [0.05, 0.1) is 22.0 Å². The van der Waals surface area contributed by atoms with E-state index < -0.39 is 23.6 Å². The summed E-state index contributed by atoms with van der Waals surface area (Å²) in [5.41, 5.74) is -0.104. The molecule has 0 spiro atoms. The lowest BCUT2D eigenvalue weighted by atomic mass is 9.92. The maximum atomic E-state index is 13.1. The zero-order valence-electron chi connectivity index (χ0n) is 20.5. The van der Waals surface area contributed by atoms with Gasteiger partial charge in [0, 0.05) is 23.6 Å². The molecule has 0 aliphatic carbocycles. The number of anilines is 1. The molecule has 36 heavy (non-hydrogen) atoms. The molecule has 2 amide bonds. The molecule has 0 aliphatic rings. The van der Waals surface area contributed by atoms with E-state index in [1.54, 1.807) is 30.3 Å². The molecule has 10 heteroatoms. The fourth-order valence-corrected chi connectivity index (χ4v) is 3.75. The summed E-state index contributed by atoms with van der Waals surface area (Å²) in [4.78, 5) is 27.3. The van der Waals surface area contributed by atoms with Gasteiger partial charge in [-0.1, -0.05) is 57.5 Å². The van der Waals surface area contributed by atoms with Crippen LogP contribution >= 0.6 is 11.6 Å². The van der Waals surface area contributed by atoms with Crippen molar-refractivity contribution in [3.05, 3.63) is 76.4 Å². The molecule has 0 saturated carbocycles. The van der Waals surface area contributed by atoms with Gasteiger partial charge in [0.2, 0.25) is 5.91 Å². The van der Waals surface area contributed by atoms with Crippen molar-refractivity contribution in [2.24, 2.45) is 0 Å². The minimum absolute atomic E-state index is 0.137. The first-order chi connectivity index (χ1) is 16.8. The van der Waals surface area contributed by atoms with E-state index in [1.807, 2.05) is 27.7 Å². The van der Waals surface area contributed by atoms with E-state index in [0.717, 1.165) is 12.1 Å². The van der Waals surface area contributed by atoms with Gasteiger partial charge >= 0.3 is 6.18 Å². The Balaban J connectivity index is 1.87. The zero-order valence-corrected chi connectivity index (χ0v) is 21.2. The number of nitrogens with zero attached hydrogens (tertiary/aromatic N) is 3. The molecule has 2 aromatic carbocycles. The smallest absolute Gasteiger partial charge is 0.329 e. The molecule has 1 aromatic heterocycles. The molecule has 3 aromatic rings. The Morgan fingerprint density at radius 2 is 1.75 bits per heavy atom. The highest BCUT2D eigenvalue weighted by Gasteiger charge is 2.31. The predicted octanol–water partition coefficient (Wildman–Crippen LogP) is 6.33. The molecule has 0 unspecified atom stereocenters. The fourth-order valence-electron chi connectivity index (χ4n) is 3.53. The van der Waals surface area contributed by atoms with E-state index in [1.165, 1.54) is 21.7 Å². The lowest BCUT2D eigenvalue weighted by Gasteiger charge is -2.22. The van der Waals surface area contributed by atoms with Crippen LogP contribution in [0.15, 0.2) is 54.6 Å². The van der Waals surface area contributed by atoms with E-state index in [4.69, 9.17) is 11.6 Å². The third-order valence-corrected chi connectivity index (χ3v) is 5.70. The number of nitrogens with one attached hydrogen (secondary N) is 1. The van der Waals surface area contributed by atoms with Gasteiger partial charge in [0.15, 0.2) is 0 Å². The molecule has 1 heterocycles. The summed E-state index contributed by atoms with van der Waals surface area (Å²) in [6, 6.07) is 13.0. The molecule has 0 bridgehead atoms. The van der Waals surface area contributed by atoms with Crippen LogP contribution in [0.2, 0.25) is 5.02 Å². The fraction of sp³-hybridized carbons (Fsp3) is 0.346. The van der Waals surface area contributed by atoms with Crippen molar-refractivity contribution in [2.75, 3.05) is 18.4 Å². The SMILES string of the molecule is CCCN(CC(=O)Nc1cc(C(C)(C)C)nn1-c1ccccc1Cl)C(=O)c1cccc(C(F)(F)F)c1. The van der Waals surface area contributed by atoms with Crippen LogP contribution in [0.25, 0.3) is 5.69 Å². The van der Waals surface area contributed by atoms with Crippen molar-refractivity contribution in [3.8, 4) is 5.69 Å². The van der Waals surface area contributed by atoms with Gasteiger partial charge in [0.25, 0.3) is 5.91 Å². The van der Waals surface area contributed by atoms with Gasteiger partial charge < -0.3 is 10.2 Å². The van der Waals surface area contributed by atoms with Crippen LogP contribution in [0.1, 0.15) is 55.7 Å². The molecule has 6 nitrogen and oxygen atoms in total. The van der Waals surface area contributed by atoms with Crippen molar-refractivity contribution >= 4 is 29.2 Å². The Morgan fingerprint density at radius 1 is 1.06 bits per heavy atom. The number of para-hydroxylation sites is 1. The third-order valence-electron chi connectivity index (χ3n) is 5.38. The molecular formula is C26H28ClF3N4O2. The van der Waals surface area contributed by atoms with Crippen molar-refractivity contribution in [2.45, 2.75) is 45.7 Å². The first-order valence-electron chi connectivity index (χ1n) is 11.4. The summed E-state index contributed by atoms with van der Waals surface area (Å²) in [5, 5.41) is 7.85. The zero-order chi connectivity index (χ0) is 26.7. The molecular weight excluding hydrogens is 493 g/mol.